The minimum Gasteiger partial charge on any atom is -0.368 e. The second kappa shape index (κ2) is 4.90. The second-order valence-corrected chi connectivity index (χ2v) is 4.09. The largest absolute Gasteiger partial charge is 0.368 e. The Balaban J connectivity index is 2.36. The first-order valence-electron chi connectivity index (χ1n) is 5.16. The molecule has 0 saturated heterocycles. The van der Waals surface area contributed by atoms with Crippen molar-refractivity contribution in [2.45, 2.75) is 6.92 Å². The van der Waals surface area contributed by atoms with E-state index in [-0.39, 0.29) is 5.95 Å². The Labute approximate surface area is 109 Å². The summed E-state index contributed by atoms with van der Waals surface area (Å²) in [7, 11) is 0. The van der Waals surface area contributed by atoms with Crippen LogP contribution in [-0.4, -0.2) is 9.97 Å². The minimum absolute atomic E-state index is 0.185. The Morgan fingerprint density at radius 2 is 2.11 bits per heavy atom. The smallest absolute Gasteiger partial charge is 0.222 e. The van der Waals surface area contributed by atoms with Crippen LogP contribution in [0.2, 0.25) is 5.02 Å². The highest BCUT2D eigenvalue weighted by Gasteiger charge is 2.05. The quantitative estimate of drug-likeness (QED) is 0.866. The van der Waals surface area contributed by atoms with Crippen molar-refractivity contribution in [1.29, 1.82) is 5.26 Å². The van der Waals surface area contributed by atoms with Crippen LogP contribution < -0.4 is 11.1 Å². The van der Waals surface area contributed by atoms with Gasteiger partial charge in [0.2, 0.25) is 5.95 Å². The summed E-state index contributed by atoms with van der Waals surface area (Å²) in [5, 5.41) is 12.4. The average Bonchev–Trinajstić information content (AvgIpc) is 2.30. The highest BCUT2D eigenvalue weighted by atomic mass is 35.5. The van der Waals surface area contributed by atoms with E-state index in [4.69, 9.17) is 22.6 Å². The third kappa shape index (κ3) is 2.67. The number of nitrogens with two attached hydrogens (primary N) is 1. The lowest BCUT2D eigenvalue weighted by Gasteiger charge is -2.08. The molecule has 6 heteroatoms. The maximum atomic E-state index is 8.84. The van der Waals surface area contributed by atoms with Crippen LogP contribution in [0.15, 0.2) is 24.3 Å². The summed E-state index contributed by atoms with van der Waals surface area (Å²) in [5.74, 6) is 0.724. The van der Waals surface area contributed by atoms with E-state index in [1.807, 2.05) is 13.0 Å². The third-order valence-corrected chi connectivity index (χ3v) is 2.56. The molecule has 0 spiro atoms. The van der Waals surface area contributed by atoms with Gasteiger partial charge in [-0.2, -0.15) is 10.2 Å². The van der Waals surface area contributed by atoms with Crippen LogP contribution in [0.5, 0.6) is 0 Å². The Morgan fingerprint density at radius 1 is 1.33 bits per heavy atom. The van der Waals surface area contributed by atoms with Crippen molar-refractivity contribution >= 4 is 29.1 Å². The average molecular weight is 260 g/mol. The molecule has 0 fully saturated rings. The third-order valence-electron chi connectivity index (χ3n) is 2.23. The van der Waals surface area contributed by atoms with Crippen LogP contribution >= 0.6 is 11.6 Å². The standard InChI is InChI=1S/C12H10ClN5/c1-7-4-11(18-12(15)16-7)17-10-5-8(6-14)2-3-9(10)13/h2-5H,1H3,(H3,15,16,17,18). The van der Waals surface area contributed by atoms with Crippen molar-refractivity contribution in [2.75, 3.05) is 11.1 Å². The van der Waals surface area contributed by atoms with Crippen LogP contribution in [0, 0.1) is 18.3 Å². The zero-order valence-electron chi connectivity index (χ0n) is 9.61. The molecule has 0 bridgehead atoms. The molecule has 1 aromatic carbocycles. The van der Waals surface area contributed by atoms with E-state index in [0.29, 0.717) is 22.1 Å². The Bertz CT molecular complexity index is 613. The van der Waals surface area contributed by atoms with Gasteiger partial charge in [-0.05, 0) is 25.1 Å². The highest BCUT2D eigenvalue weighted by molar-refractivity contribution is 6.33. The van der Waals surface area contributed by atoms with Crippen LogP contribution in [0.3, 0.4) is 0 Å². The van der Waals surface area contributed by atoms with Gasteiger partial charge in [-0.3, -0.25) is 0 Å². The van der Waals surface area contributed by atoms with E-state index < -0.39 is 0 Å². The molecule has 0 aliphatic rings. The summed E-state index contributed by atoms with van der Waals surface area (Å²) in [6.45, 7) is 1.82. The molecule has 0 radical (unpaired) electrons. The van der Waals surface area contributed by atoms with Crippen LogP contribution in [0.1, 0.15) is 11.3 Å². The first-order valence-corrected chi connectivity index (χ1v) is 5.54. The predicted octanol–water partition coefficient (Wildman–Crippen LogP) is 2.64. The maximum absolute atomic E-state index is 8.84. The van der Waals surface area contributed by atoms with Gasteiger partial charge in [0.25, 0.3) is 0 Å². The molecule has 0 aliphatic heterocycles. The Kier molecular flexibility index (Phi) is 3.31. The summed E-state index contributed by atoms with van der Waals surface area (Å²) in [6, 6.07) is 8.74. The fourth-order valence-electron chi connectivity index (χ4n) is 1.48. The van der Waals surface area contributed by atoms with Crippen molar-refractivity contribution in [3.05, 3.63) is 40.5 Å². The fraction of sp³-hybridized carbons (Fsp3) is 0.0833. The monoisotopic (exact) mass is 259 g/mol. The van der Waals surface area contributed by atoms with Crippen molar-refractivity contribution in [3.8, 4) is 6.07 Å². The van der Waals surface area contributed by atoms with Gasteiger partial charge in [0, 0.05) is 11.8 Å². The predicted molar refractivity (Wildman–Crippen MR) is 70.6 cm³/mol. The topological polar surface area (TPSA) is 87.6 Å². The lowest BCUT2D eigenvalue weighted by molar-refractivity contribution is 1.12. The van der Waals surface area contributed by atoms with Crippen molar-refractivity contribution in [3.63, 3.8) is 0 Å². The zero-order chi connectivity index (χ0) is 13.1. The molecule has 0 aliphatic carbocycles. The van der Waals surface area contributed by atoms with E-state index in [1.54, 1.807) is 24.3 Å². The second-order valence-electron chi connectivity index (χ2n) is 3.68. The van der Waals surface area contributed by atoms with E-state index in [0.717, 1.165) is 5.69 Å². The molecule has 18 heavy (non-hydrogen) atoms. The number of hydrogen-bond donors (Lipinski definition) is 2. The Morgan fingerprint density at radius 3 is 2.78 bits per heavy atom. The number of anilines is 3. The van der Waals surface area contributed by atoms with Gasteiger partial charge in [0.15, 0.2) is 0 Å². The molecular weight excluding hydrogens is 250 g/mol. The SMILES string of the molecule is Cc1cc(Nc2cc(C#N)ccc2Cl)nc(N)n1. The summed E-state index contributed by atoms with van der Waals surface area (Å²) in [5.41, 5.74) is 7.43. The number of aryl methyl sites for hydroxylation is 1. The molecule has 5 nitrogen and oxygen atoms in total. The zero-order valence-corrected chi connectivity index (χ0v) is 10.4. The van der Waals surface area contributed by atoms with Crippen molar-refractivity contribution < 1.29 is 0 Å². The summed E-state index contributed by atoms with van der Waals surface area (Å²) < 4.78 is 0. The number of nitrogens with one attached hydrogen (secondary N) is 1. The van der Waals surface area contributed by atoms with Gasteiger partial charge in [-0.1, -0.05) is 11.6 Å². The molecule has 0 amide bonds. The molecule has 1 heterocycles. The highest BCUT2D eigenvalue weighted by Crippen LogP contribution is 2.26. The summed E-state index contributed by atoms with van der Waals surface area (Å²) in [6.07, 6.45) is 0. The van der Waals surface area contributed by atoms with Gasteiger partial charge in [-0.15, -0.1) is 0 Å². The number of nitrogen functional groups attached to an aromatic ring is 1. The first kappa shape index (κ1) is 12.1. The molecule has 1 aromatic heterocycles. The van der Waals surface area contributed by atoms with Gasteiger partial charge in [-0.25, -0.2) is 4.98 Å². The van der Waals surface area contributed by atoms with Crippen LogP contribution in [0.25, 0.3) is 0 Å². The number of hydrogen-bond acceptors (Lipinski definition) is 5. The molecule has 2 aromatic rings. The number of nitrogens with zero attached hydrogens (tertiary/aromatic N) is 3. The Hall–Kier alpha value is -2.32. The van der Waals surface area contributed by atoms with Crippen LogP contribution in [0.4, 0.5) is 17.5 Å². The van der Waals surface area contributed by atoms with E-state index >= 15 is 0 Å². The molecule has 0 unspecified atom stereocenters. The van der Waals surface area contributed by atoms with Gasteiger partial charge >= 0.3 is 0 Å². The molecule has 2 rings (SSSR count). The van der Waals surface area contributed by atoms with Gasteiger partial charge < -0.3 is 11.1 Å². The lowest BCUT2D eigenvalue weighted by atomic mass is 10.2. The number of nitriles is 1. The first-order chi connectivity index (χ1) is 8.58. The maximum Gasteiger partial charge on any atom is 0.222 e. The normalized spacial score (nSPS) is 9.83. The fourth-order valence-corrected chi connectivity index (χ4v) is 1.65. The number of halogens is 1. The summed E-state index contributed by atoms with van der Waals surface area (Å²) >= 11 is 6.04. The number of benzene rings is 1. The van der Waals surface area contributed by atoms with Crippen molar-refractivity contribution in [2.24, 2.45) is 0 Å². The molecule has 3 N–H and O–H groups in total. The van der Waals surface area contributed by atoms with Gasteiger partial charge in [0.1, 0.15) is 5.82 Å². The lowest BCUT2D eigenvalue weighted by Crippen LogP contribution is -2.01. The minimum atomic E-state index is 0.185. The molecular formula is C12H10ClN5. The van der Waals surface area contributed by atoms with Gasteiger partial charge in [0.05, 0.1) is 22.3 Å². The van der Waals surface area contributed by atoms with E-state index in [2.05, 4.69) is 15.3 Å². The van der Waals surface area contributed by atoms with Crippen molar-refractivity contribution in [1.82, 2.24) is 9.97 Å². The number of rotatable bonds is 2. The molecule has 0 saturated carbocycles. The summed E-state index contributed by atoms with van der Waals surface area (Å²) in [4.78, 5) is 8.01. The number of aromatic nitrogens is 2. The molecule has 90 valence electrons. The van der Waals surface area contributed by atoms with E-state index in [9.17, 15) is 0 Å². The van der Waals surface area contributed by atoms with E-state index in [1.165, 1.54) is 0 Å². The molecule has 0 atom stereocenters. The van der Waals surface area contributed by atoms with Crippen LogP contribution in [-0.2, 0) is 0 Å².